The Morgan fingerprint density at radius 2 is 2.19 bits per heavy atom. The van der Waals surface area contributed by atoms with E-state index in [1.807, 2.05) is 0 Å². The standard InChI is InChI=1S/C17H26N4O4.ClH/c1-17(2)11-20(8-6-15(17)18)9-7-16(22)19-13-5-4-12(21(23)24)10-14(13)25-3;/h4-5,10,15H,6-9,11,18H2,1-3H3,(H,19,22);1H. The van der Waals surface area contributed by atoms with Crippen LogP contribution in [0.4, 0.5) is 11.4 Å². The zero-order chi connectivity index (χ0) is 18.6. The second-order valence-corrected chi connectivity index (χ2v) is 7.10. The van der Waals surface area contributed by atoms with Crippen LogP contribution in [0.3, 0.4) is 0 Å². The molecule has 0 saturated carbocycles. The molecule has 3 N–H and O–H groups in total. The third kappa shape index (κ3) is 5.55. The van der Waals surface area contributed by atoms with Crippen LogP contribution in [0.1, 0.15) is 26.7 Å². The Balaban J connectivity index is 0.00000338. The molecule has 1 fully saturated rings. The van der Waals surface area contributed by atoms with Gasteiger partial charge in [0.15, 0.2) is 0 Å². The first-order valence-electron chi connectivity index (χ1n) is 8.33. The number of nitrogens with two attached hydrogens (primary N) is 1. The molecule has 1 aromatic carbocycles. The molecule has 0 radical (unpaired) electrons. The lowest BCUT2D eigenvalue weighted by atomic mass is 9.80. The first-order chi connectivity index (χ1) is 11.7. The molecule has 0 aromatic heterocycles. The molecule has 0 bridgehead atoms. The van der Waals surface area contributed by atoms with Crippen molar-refractivity contribution < 1.29 is 14.5 Å². The van der Waals surface area contributed by atoms with E-state index in [0.717, 1.165) is 19.5 Å². The van der Waals surface area contributed by atoms with Gasteiger partial charge in [0.1, 0.15) is 5.75 Å². The van der Waals surface area contributed by atoms with Gasteiger partial charge < -0.3 is 20.7 Å². The van der Waals surface area contributed by atoms with Gasteiger partial charge in [-0.2, -0.15) is 0 Å². The Kier molecular flexibility index (Phi) is 7.80. The van der Waals surface area contributed by atoms with Crippen LogP contribution in [0.15, 0.2) is 18.2 Å². The van der Waals surface area contributed by atoms with Gasteiger partial charge in [-0.05, 0) is 24.4 Å². The number of benzene rings is 1. The van der Waals surface area contributed by atoms with Crippen LogP contribution in [0.5, 0.6) is 5.75 Å². The van der Waals surface area contributed by atoms with E-state index in [-0.39, 0.29) is 41.2 Å². The SMILES string of the molecule is COc1cc([N+](=O)[O-])ccc1NC(=O)CCN1CCC(N)C(C)(C)C1.Cl. The number of amides is 1. The molecule has 1 aromatic rings. The number of nitrogens with one attached hydrogen (secondary N) is 1. The van der Waals surface area contributed by atoms with Gasteiger partial charge in [0, 0.05) is 31.6 Å². The quantitative estimate of drug-likeness (QED) is 0.573. The van der Waals surface area contributed by atoms with Gasteiger partial charge in [-0.1, -0.05) is 13.8 Å². The van der Waals surface area contributed by atoms with Crippen molar-refractivity contribution in [3.05, 3.63) is 28.3 Å². The summed E-state index contributed by atoms with van der Waals surface area (Å²) in [6.45, 7) is 6.69. The molecule has 1 saturated heterocycles. The molecule has 1 unspecified atom stereocenters. The Bertz CT molecular complexity index is 654. The second kappa shape index (κ2) is 9.16. The summed E-state index contributed by atoms with van der Waals surface area (Å²) >= 11 is 0. The molecule has 1 aliphatic heterocycles. The minimum Gasteiger partial charge on any atom is -0.494 e. The van der Waals surface area contributed by atoms with E-state index in [4.69, 9.17) is 10.5 Å². The lowest BCUT2D eigenvalue weighted by Crippen LogP contribution is -2.52. The summed E-state index contributed by atoms with van der Waals surface area (Å²) in [5.74, 6) is 0.118. The monoisotopic (exact) mass is 386 g/mol. The Labute approximate surface area is 159 Å². The number of methoxy groups -OCH3 is 1. The van der Waals surface area contributed by atoms with Crippen molar-refractivity contribution in [2.45, 2.75) is 32.7 Å². The zero-order valence-corrected chi connectivity index (χ0v) is 16.2. The van der Waals surface area contributed by atoms with E-state index in [1.54, 1.807) is 0 Å². The molecule has 26 heavy (non-hydrogen) atoms. The number of likely N-dealkylation sites (tertiary alicyclic amines) is 1. The second-order valence-electron chi connectivity index (χ2n) is 7.10. The smallest absolute Gasteiger partial charge is 0.273 e. The zero-order valence-electron chi connectivity index (χ0n) is 15.4. The van der Waals surface area contributed by atoms with E-state index in [9.17, 15) is 14.9 Å². The summed E-state index contributed by atoms with van der Waals surface area (Å²) in [4.78, 5) is 24.8. The molecule has 2 rings (SSSR count). The van der Waals surface area contributed by atoms with Crippen molar-refractivity contribution in [2.75, 3.05) is 32.1 Å². The maximum atomic E-state index is 12.2. The number of ether oxygens (including phenoxy) is 1. The highest BCUT2D eigenvalue weighted by Gasteiger charge is 2.33. The number of hydrogen-bond donors (Lipinski definition) is 2. The van der Waals surface area contributed by atoms with Gasteiger partial charge in [-0.25, -0.2) is 0 Å². The van der Waals surface area contributed by atoms with E-state index in [0.29, 0.717) is 18.7 Å². The van der Waals surface area contributed by atoms with Gasteiger partial charge in [0.2, 0.25) is 5.91 Å². The van der Waals surface area contributed by atoms with Crippen LogP contribution in [-0.2, 0) is 4.79 Å². The molecular weight excluding hydrogens is 360 g/mol. The van der Waals surface area contributed by atoms with Crippen molar-refractivity contribution in [3.8, 4) is 5.75 Å². The average molecular weight is 387 g/mol. The third-order valence-corrected chi connectivity index (χ3v) is 4.72. The van der Waals surface area contributed by atoms with E-state index >= 15 is 0 Å². The predicted molar refractivity (Wildman–Crippen MR) is 103 cm³/mol. The normalized spacial score (nSPS) is 19.3. The number of carbonyl (C=O) groups is 1. The first-order valence-corrected chi connectivity index (χ1v) is 8.33. The lowest BCUT2D eigenvalue weighted by molar-refractivity contribution is -0.384. The third-order valence-electron chi connectivity index (χ3n) is 4.72. The number of nitro groups is 1. The Hall–Kier alpha value is -1.90. The maximum absolute atomic E-state index is 12.2. The van der Waals surface area contributed by atoms with Gasteiger partial charge >= 0.3 is 0 Å². The van der Waals surface area contributed by atoms with Crippen LogP contribution in [0.25, 0.3) is 0 Å². The number of carbonyl (C=O) groups excluding carboxylic acids is 1. The number of piperidine rings is 1. The average Bonchev–Trinajstić information content (AvgIpc) is 2.56. The number of nitro benzene ring substituents is 1. The molecule has 146 valence electrons. The van der Waals surface area contributed by atoms with Crippen LogP contribution in [0, 0.1) is 15.5 Å². The summed E-state index contributed by atoms with van der Waals surface area (Å²) in [7, 11) is 1.41. The number of non-ortho nitro benzene ring substituents is 1. The Morgan fingerprint density at radius 3 is 2.77 bits per heavy atom. The topological polar surface area (TPSA) is 111 Å². The summed E-state index contributed by atoms with van der Waals surface area (Å²) < 4.78 is 5.13. The number of nitrogens with zero attached hydrogens (tertiary/aromatic N) is 2. The lowest BCUT2D eigenvalue weighted by Gasteiger charge is -2.42. The summed E-state index contributed by atoms with van der Waals surface area (Å²) in [6, 6.07) is 4.30. The minimum absolute atomic E-state index is 0. The van der Waals surface area contributed by atoms with Crippen LogP contribution < -0.4 is 15.8 Å². The van der Waals surface area contributed by atoms with Crippen molar-refractivity contribution in [2.24, 2.45) is 11.1 Å². The van der Waals surface area contributed by atoms with E-state index < -0.39 is 4.92 Å². The number of anilines is 1. The fourth-order valence-electron chi connectivity index (χ4n) is 3.04. The molecule has 8 nitrogen and oxygen atoms in total. The molecule has 1 amide bonds. The number of halogens is 1. The molecule has 1 heterocycles. The summed E-state index contributed by atoms with van der Waals surface area (Å²) in [6.07, 6.45) is 1.26. The van der Waals surface area contributed by atoms with Gasteiger partial charge in [0.25, 0.3) is 5.69 Å². The van der Waals surface area contributed by atoms with Crippen molar-refractivity contribution in [3.63, 3.8) is 0 Å². The van der Waals surface area contributed by atoms with Crippen molar-refractivity contribution in [1.29, 1.82) is 0 Å². The molecule has 1 aliphatic rings. The number of rotatable bonds is 6. The molecular formula is C17H27ClN4O4. The van der Waals surface area contributed by atoms with Crippen molar-refractivity contribution >= 4 is 29.7 Å². The highest BCUT2D eigenvalue weighted by molar-refractivity contribution is 5.92. The molecule has 0 spiro atoms. The maximum Gasteiger partial charge on any atom is 0.273 e. The van der Waals surface area contributed by atoms with Gasteiger partial charge in [-0.15, -0.1) is 12.4 Å². The van der Waals surface area contributed by atoms with E-state index in [1.165, 1.54) is 25.3 Å². The number of hydrogen-bond acceptors (Lipinski definition) is 6. The highest BCUT2D eigenvalue weighted by Crippen LogP contribution is 2.30. The fraction of sp³-hybridized carbons (Fsp3) is 0.588. The Morgan fingerprint density at radius 1 is 1.50 bits per heavy atom. The fourth-order valence-corrected chi connectivity index (χ4v) is 3.04. The van der Waals surface area contributed by atoms with Crippen molar-refractivity contribution in [1.82, 2.24) is 4.90 Å². The van der Waals surface area contributed by atoms with Crippen LogP contribution in [-0.4, -0.2) is 48.5 Å². The van der Waals surface area contributed by atoms with Gasteiger partial charge in [-0.3, -0.25) is 14.9 Å². The largest absolute Gasteiger partial charge is 0.494 e. The van der Waals surface area contributed by atoms with E-state index in [2.05, 4.69) is 24.1 Å². The first kappa shape index (κ1) is 22.1. The van der Waals surface area contributed by atoms with Crippen LogP contribution in [0.2, 0.25) is 0 Å². The molecule has 9 heteroatoms. The predicted octanol–water partition coefficient (Wildman–Crippen LogP) is 2.41. The highest BCUT2D eigenvalue weighted by atomic mass is 35.5. The molecule has 0 aliphatic carbocycles. The van der Waals surface area contributed by atoms with Crippen LogP contribution >= 0.6 is 12.4 Å². The minimum atomic E-state index is -0.503. The van der Waals surface area contributed by atoms with Gasteiger partial charge in [0.05, 0.1) is 23.8 Å². The molecule has 1 atom stereocenters. The summed E-state index contributed by atoms with van der Waals surface area (Å²) in [5, 5.41) is 13.6. The summed E-state index contributed by atoms with van der Waals surface area (Å²) in [5.41, 5.74) is 6.52.